The predicted molar refractivity (Wildman–Crippen MR) is 114 cm³/mol. The van der Waals surface area contributed by atoms with Gasteiger partial charge in [-0.05, 0) is 83.8 Å². The molecular weight excluding hydrogens is 346 g/mol. The van der Waals surface area contributed by atoms with E-state index >= 15 is 0 Å². The molecule has 0 saturated heterocycles. The zero-order valence-corrected chi connectivity index (χ0v) is 16.4. The average molecular weight is 373 g/mol. The van der Waals surface area contributed by atoms with Crippen LogP contribution in [0.25, 0.3) is 11.1 Å². The molecule has 0 aromatic heterocycles. The van der Waals surface area contributed by atoms with Crippen molar-refractivity contribution in [1.29, 1.82) is 0 Å². The van der Waals surface area contributed by atoms with Gasteiger partial charge in [0.15, 0.2) is 0 Å². The fourth-order valence-corrected chi connectivity index (χ4v) is 3.96. The van der Waals surface area contributed by atoms with Gasteiger partial charge in [0.05, 0.1) is 7.11 Å². The first-order valence-electron chi connectivity index (χ1n) is 9.94. The molecule has 1 unspecified atom stereocenters. The largest absolute Gasteiger partial charge is 0.497 e. The Hall–Kier alpha value is -2.78. The number of nitrogens with two attached hydrogens (primary N) is 1. The van der Waals surface area contributed by atoms with E-state index in [1.165, 1.54) is 34.2 Å². The summed E-state index contributed by atoms with van der Waals surface area (Å²) >= 11 is 0. The summed E-state index contributed by atoms with van der Waals surface area (Å²) in [4.78, 5) is 0. The Labute approximate surface area is 167 Å². The molecule has 1 aliphatic carbocycles. The molecule has 1 atom stereocenters. The Morgan fingerprint density at radius 1 is 0.929 bits per heavy atom. The molecule has 0 fully saturated rings. The number of aryl methyl sites for hydroxylation is 1. The zero-order chi connectivity index (χ0) is 19.3. The lowest BCUT2D eigenvalue weighted by Crippen LogP contribution is -2.22. The van der Waals surface area contributed by atoms with Crippen LogP contribution in [0.4, 0.5) is 0 Å². The Morgan fingerprint density at radius 2 is 1.71 bits per heavy atom. The van der Waals surface area contributed by atoms with Gasteiger partial charge in [-0.2, -0.15) is 0 Å². The molecule has 1 aliphatic rings. The van der Waals surface area contributed by atoms with Crippen molar-refractivity contribution in [3.8, 4) is 22.6 Å². The lowest BCUT2D eigenvalue weighted by atomic mass is 9.84. The number of methoxy groups -OCH3 is 1. The van der Waals surface area contributed by atoms with E-state index in [-0.39, 0.29) is 0 Å². The van der Waals surface area contributed by atoms with Gasteiger partial charge in [0.25, 0.3) is 0 Å². The third kappa shape index (κ3) is 4.05. The summed E-state index contributed by atoms with van der Waals surface area (Å²) < 4.78 is 11.4. The van der Waals surface area contributed by atoms with E-state index < -0.39 is 0 Å². The van der Waals surface area contributed by atoms with Crippen LogP contribution in [-0.4, -0.2) is 13.7 Å². The fraction of sp³-hybridized carbons (Fsp3) is 0.280. The zero-order valence-electron chi connectivity index (χ0n) is 16.4. The maximum Gasteiger partial charge on any atom is 0.120 e. The Morgan fingerprint density at radius 3 is 2.50 bits per heavy atom. The molecule has 0 amide bonds. The van der Waals surface area contributed by atoms with Crippen molar-refractivity contribution < 1.29 is 9.47 Å². The SMILES string of the molecule is COc1ccc(-c2ccccc2COc2ccc3c(c2)CCC(CN)C3)cc1. The molecule has 28 heavy (non-hydrogen) atoms. The number of ether oxygens (including phenoxy) is 2. The molecule has 3 aromatic carbocycles. The minimum Gasteiger partial charge on any atom is -0.497 e. The highest BCUT2D eigenvalue weighted by atomic mass is 16.5. The smallest absolute Gasteiger partial charge is 0.120 e. The molecule has 144 valence electrons. The monoisotopic (exact) mass is 373 g/mol. The van der Waals surface area contributed by atoms with E-state index in [0.717, 1.165) is 30.9 Å². The molecular formula is C25H27NO2. The Kier molecular flexibility index (Phi) is 5.63. The van der Waals surface area contributed by atoms with Crippen LogP contribution >= 0.6 is 0 Å². The standard InChI is InChI=1S/C25H27NO2/c1-27-23-11-8-19(9-12-23)25-5-3-2-4-22(25)17-28-24-13-10-20-14-18(16-26)6-7-21(20)15-24/h2-5,8-13,15,18H,6-7,14,16-17,26H2,1H3. The normalized spacial score (nSPS) is 15.7. The summed E-state index contributed by atoms with van der Waals surface area (Å²) in [6, 6.07) is 23.1. The second-order valence-electron chi connectivity index (χ2n) is 7.45. The molecule has 0 radical (unpaired) electrons. The first-order valence-corrected chi connectivity index (χ1v) is 9.94. The van der Waals surface area contributed by atoms with E-state index in [9.17, 15) is 0 Å². The van der Waals surface area contributed by atoms with Crippen molar-refractivity contribution in [3.63, 3.8) is 0 Å². The molecule has 2 N–H and O–H groups in total. The van der Waals surface area contributed by atoms with Gasteiger partial charge < -0.3 is 15.2 Å². The van der Waals surface area contributed by atoms with Gasteiger partial charge in [0.2, 0.25) is 0 Å². The van der Waals surface area contributed by atoms with E-state index in [4.69, 9.17) is 15.2 Å². The number of benzene rings is 3. The van der Waals surface area contributed by atoms with Crippen molar-refractivity contribution in [3.05, 3.63) is 83.4 Å². The van der Waals surface area contributed by atoms with Gasteiger partial charge in [-0.25, -0.2) is 0 Å². The summed E-state index contributed by atoms with van der Waals surface area (Å²) in [5.41, 5.74) is 12.2. The minimum atomic E-state index is 0.548. The average Bonchev–Trinajstić information content (AvgIpc) is 2.77. The fourth-order valence-electron chi connectivity index (χ4n) is 3.96. The van der Waals surface area contributed by atoms with Crippen molar-refractivity contribution in [2.24, 2.45) is 11.7 Å². The highest BCUT2D eigenvalue weighted by Crippen LogP contribution is 2.30. The minimum absolute atomic E-state index is 0.548. The highest BCUT2D eigenvalue weighted by Gasteiger charge is 2.18. The van der Waals surface area contributed by atoms with Gasteiger partial charge in [-0.1, -0.05) is 42.5 Å². The summed E-state index contributed by atoms with van der Waals surface area (Å²) in [6.07, 6.45) is 3.36. The van der Waals surface area contributed by atoms with Crippen molar-refractivity contribution in [1.82, 2.24) is 0 Å². The third-order valence-corrected chi connectivity index (χ3v) is 5.65. The number of hydrogen-bond acceptors (Lipinski definition) is 3. The van der Waals surface area contributed by atoms with E-state index in [1.807, 2.05) is 12.1 Å². The van der Waals surface area contributed by atoms with Crippen LogP contribution in [0.1, 0.15) is 23.1 Å². The lowest BCUT2D eigenvalue weighted by Gasteiger charge is -2.24. The van der Waals surface area contributed by atoms with Crippen molar-refractivity contribution >= 4 is 0 Å². The van der Waals surface area contributed by atoms with Crippen LogP contribution in [-0.2, 0) is 19.4 Å². The highest BCUT2D eigenvalue weighted by molar-refractivity contribution is 5.67. The second-order valence-corrected chi connectivity index (χ2v) is 7.45. The summed E-state index contributed by atoms with van der Waals surface area (Å²) in [6.45, 7) is 1.33. The Balaban J connectivity index is 1.50. The molecule has 0 saturated carbocycles. The molecule has 3 aromatic rings. The Bertz CT molecular complexity index is 934. The predicted octanol–water partition coefficient (Wildman–Crippen LogP) is 5.00. The molecule has 4 rings (SSSR count). The number of hydrogen-bond donors (Lipinski definition) is 1. The molecule has 0 heterocycles. The van der Waals surface area contributed by atoms with Crippen LogP contribution in [0.3, 0.4) is 0 Å². The summed E-state index contributed by atoms with van der Waals surface area (Å²) in [7, 11) is 1.69. The maximum absolute atomic E-state index is 6.17. The van der Waals surface area contributed by atoms with Crippen LogP contribution in [0.5, 0.6) is 11.5 Å². The van der Waals surface area contributed by atoms with E-state index in [0.29, 0.717) is 12.5 Å². The number of fused-ring (bicyclic) bond motifs is 1. The molecule has 0 aliphatic heterocycles. The van der Waals surface area contributed by atoms with Crippen LogP contribution in [0.15, 0.2) is 66.7 Å². The topological polar surface area (TPSA) is 44.5 Å². The first kappa shape index (κ1) is 18.6. The molecule has 3 nitrogen and oxygen atoms in total. The summed E-state index contributed by atoms with van der Waals surface area (Å²) in [5, 5.41) is 0. The van der Waals surface area contributed by atoms with Gasteiger partial charge in [-0.3, -0.25) is 0 Å². The van der Waals surface area contributed by atoms with E-state index in [1.54, 1.807) is 7.11 Å². The quantitative estimate of drug-likeness (QED) is 0.661. The molecule has 0 bridgehead atoms. The van der Waals surface area contributed by atoms with Gasteiger partial charge in [0, 0.05) is 0 Å². The van der Waals surface area contributed by atoms with Gasteiger partial charge in [0.1, 0.15) is 18.1 Å². The maximum atomic E-state index is 6.17. The van der Waals surface area contributed by atoms with Gasteiger partial charge in [-0.15, -0.1) is 0 Å². The summed E-state index contributed by atoms with van der Waals surface area (Å²) in [5.74, 6) is 2.42. The van der Waals surface area contributed by atoms with Gasteiger partial charge >= 0.3 is 0 Å². The lowest BCUT2D eigenvalue weighted by molar-refractivity contribution is 0.306. The van der Waals surface area contributed by atoms with Crippen LogP contribution in [0, 0.1) is 5.92 Å². The second kappa shape index (κ2) is 8.49. The van der Waals surface area contributed by atoms with Crippen molar-refractivity contribution in [2.75, 3.05) is 13.7 Å². The van der Waals surface area contributed by atoms with Crippen molar-refractivity contribution in [2.45, 2.75) is 25.9 Å². The number of rotatable bonds is 6. The molecule has 0 spiro atoms. The van der Waals surface area contributed by atoms with E-state index in [2.05, 4.69) is 54.6 Å². The van der Waals surface area contributed by atoms with Crippen LogP contribution in [0.2, 0.25) is 0 Å². The third-order valence-electron chi connectivity index (χ3n) is 5.65. The molecule has 3 heteroatoms. The first-order chi connectivity index (χ1) is 13.8. The van der Waals surface area contributed by atoms with Crippen LogP contribution < -0.4 is 15.2 Å².